The Morgan fingerprint density at radius 2 is 1.88 bits per heavy atom. The van der Waals surface area contributed by atoms with Crippen LogP contribution in [0.25, 0.3) is 12.2 Å². The number of hydrogen-bond acceptors (Lipinski definition) is 2. The Morgan fingerprint density at radius 1 is 1.12 bits per heavy atom. The maximum Gasteiger partial charge on any atom is 0.218 e. The third-order valence-corrected chi connectivity index (χ3v) is 2.42. The number of aromatic nitrogens is 1. The van der Waals surface area contributed by atoms with Gasteiger partial charge in [-0.05, 0) is 5.56 Å². The fourth-order valence-corrected chi connectivity index (χ4v) is 1.45. The van der Waals surface area contributed by atoms with Gasteiger partial charge in [-0.2, -0.15) is 0 Å². The van der Waals surface area contributed by atoms with Gasteiger partial charge in [-0.1, -0.05) is 48.6 Å². The zero-order valence-electron chi connectivity index (χ0n) is 9.21. The zero-order valence-corrected chi connectivity index (χ0v) is 9.97. The summed E-state index contributed by atoms with van der Waals surface area (Å²) in [6, 6.07) is 10.1. The predicted octanol–water partition coefficient (Wildman–Crippen LogP) is 4.14. The number of rotatable bonds is 4. The highest BCUT2D eigenvalue weighted by Crippen LogP contribution is 2.07. The molecule has 0 saturated heterocycles. The molecule has 0 amide bonds. The molecule has 0 N–H and O–H groups in total. The summed E-state index contributed by atoms with van der Waals surface area (Å²) < 4.78 is 5.19. The van der Waals surface area contributed by atoms with E-state index >= 15 is 0 Å². The molecule has 0 aliphatic heterocycles. The summed E-state index contributed by atoms with van der Waals surface area (Å²) in [6.45, 7) is 0. The van der Waals surface area contributed by atoms with Crippen LogP contribution >= 0.6 is 11.6 Å². The van der Waals surface area contributed by atoms with E-state index in [1.165, 1.54) is 0 Å². The third-order valence-electron chi connectivity index (χ3n) is 2.14. The van der Waals surface area contributed by atoms with Crippen LogP contribution in [0.15, 0.2) is 53.2 Å². The van der Waals surface area contributed by atoms with Gasteiger partial charge >= 0.3 is 0 Å². The fraction of sp³-hybridized carbons (Fsp3) is 0.0714. The van der Waals surface area contributed by atoms with Gasteiger partial charge in [0.25, 0.3) is 0 Å². The first-order valence-electron chi connectivity index (χ1n) is 5.28. The molecule has 0 aliphatic rings. The first kappa shape index (κ1) is 11.7. The highest BCUT2D eigenvalue weighted by molar-refractivity contribution is 6.16. The molecule has 0 unspecified atom stereocenters. The smallest absolute Gasteiger partial charge is 0.218 e. The van der Waals surface area contributed by atoms with E-state index in [-0.39, 0.29) is 0 Å². The highest BCUT2D eigenvalue weighted by Gasteiger charge is 1.97. The van der Waals surface area contributed by atoms with Crippen molar-refractivity contribution in [2.24, 2.45) is 0 Å². The average molecular weight is 246 g/mol. The second-order valence-corrected chi connectivity index (χ2v) is 3.71. The van der Waals surface area contributed by atoms with E-state index in [0.29, 0.717) is 11.8 Å². The Kier molecular flexibility index (Phi) is 4.17. The van der Waals surface area contributed by atoms with Crippen LogP contribution in [0.2, 0.25) is 0 Å². The lowest BCUT2D eigenvalue weighted by atomic mass is 10.2. The molecule has 0 saturated carbocycles. The molecule has 0 atom stereocenters. The van der Waals surface area contributed by atoms with Gasteiger partial charge in [-0.25, -0.2) is 4.98 Å². The molecule has 2 nitrogen and oxygen atoms in total. The summed E-state index contributed by atoms with van der Waals surface area (Å²) >= 11 is 5.62. The molecule has 0 spiro atoms. The monoisotopic (exact) mass is 245 g/mol. The van der Waals surface area contributed by atoms with Crippen molar-refractivity contribution in [3.05, 3.63) is 65.9 Å². The second kappa shape index (κ2) is 6.06. The average Bonchev–Trinajstić information content (AvgIpc) is 2.84. The van der Waals surface area contributed by atoms with Crippen molar-refractivity contribution >= 4 is 23.8 Å². The topological polar surface area (TPSA) is 26.0 Å². The summed E-state index contributed by atoms with van der Waals surface area (Å²) in [4.78, 5) is 4.15. The molecule has 17 heavy (non-hydrogen) atoms. The number of alkyl halides is 1. The second-order valence-electron chi connectivity index (χ2n) is 3.44. The lowest BCUT2D eigenvalue weighted by molar-refractivity contribution is 0.545. The Balaban J connectivity index is 1.95. The first-order valence-corrected chi connectivity index (χ1v) is 5.82. The van der Waals surface area contributed by atoms with Gasteiger partial charge in [0, 0.05) is 6.08 Å². The van der Waals surface area contributed by atoms with Crippen molar-refractivity contribution in [3.8, 4) is 0 Å². The summed E-state index contributed by atoms with van der Waals surface area (Å²) in [7, 11) is 0. The Labute approximate surface area is 105 Å². The van der Waals surface area contributed by atoms with Crippen molar-refractivity contribution in [2.75, 3.05) is 0 Å². The highest BCUT2D eigenvalue weighted by atomic mass is 35.5. The van der Waals surface area contributed by atoms with Crippen LogP contribution in [-0.4, -0.2) is 4.98 Å². The Hall–Kier alpha value is -1.80. The molecule has 1 heterocycles. The van der Waals surface area contributed by atoms with Crippen LogP contribution in [-0.2, 0) is 5.88 Å². The number of oxazole rings is 1. The molecule has 2 rings (SSSR count). The predicted molar refractivity (Wildman–Crippen MR) is 70.6 cm³/mol. The zero-order chi connectivity index (χ0) is 11.9. The van der Waals surface area contributed by atoms with Gasteiger partial charge in [0.15, 0.2) is 0 Å². The van der Waals surface area contributed by atoms with E-state index in [9.17, 15) is 0 Å². The number of hydrogen-bond donors (Lipinski definition) is 0. The molecule has 0 bridgehead atoms. The maximum absolute atomic E-state index is 5.62. The normalized spacial score (nSPS) is 11.6. The molecule has 86 valence electrons. The molecule has 3 heteroatoms. The lowest BCUT2D eigenvalue weighted by Crippen LogP contribution is -1.75. The molecule has 1 aromatic heterocycles. The molecule has 0 aliphatic carbocycles. The third kappa shape index (κ3) is 3.61. The maximum atomic E-state index is 5.62. The Morgan fingerprint density at radius 3 is 2.59 bits per heavy atom. The van der Waals surface area contributed by atoms with E-state index in [1.54, 1.807) is 12.3 Å². The van der Waals surface area contributed by atoms with Gasteiger partial charge in [-0.15, -0.1) is 11.6 Å². The van der Waals surface area contributed by atoms with Gasteiger partial charge < -0.3 is 4.42 Å². The minimum Gasteiger partial charge on any atom is -0.445 e. The van der Waals surface area contributed by atoms with Crippen LogP contribution in [0.1, 0.15) is 17.1 Å². The quantitative estimate of drug-likeness (QED) is 0.598. The van der Waals surface area contributed by atoms with Gasteiger partial charge in [-0.3, -0.25) is 0 Å². The van der Waals surface area contributed by atoms with Crippen molar-refractivity contribution < 1.29 is 4.42 Å². The van der Waals surface area contributed by atoms with E-state index < -0.39 is 0 Å². The van der Waals surface area contributed by atoms with E-state index in [4.69, 9.17) is 16.0 Å². The van der Waals surface area contributed by atoms with Crippen LogP contribution in [0.3, 0.4) is 0 Å². The molecular formula is C14H12ClNO. The lowest BCUT2D eigenvalue weighted by Gasteiger charge is -1.88. The number of allylic oxidation sites excluding steroid dienone is 2. The molecule has 0 radical (unpaired) electrons. The van der Waals surface area contributed by atoms with E-state index in [0.717, 1.165) is 11.3 Å². The first-order chi connectivity index (χ1) is 8.38. The van der Waals surface area contributed by atoms with Crippen LogP contribution < -0.4 is 0 Å². The van der Waals surface area contributed by atoms with Crippen LogP contribution in [0.5, 0.6) is 0 Å². The van der Waals surface area contributed by atoms with Gasteiger partial charge in [0.2, 0.25) is 5.89 Å². The fourth-order valence-electron chi connectivity index (χ4n) is 1.33. The molecule has 1 aromatic carbocycles. The Bertz CT molecular complexity index is 514. The molecule has 2 aromatic rings. The summed E-state index contributed by atoms with van der Waals surface area (Å²) in [5.41, 5.74) is 1.91. The SMILES string of the molecule is ClCc1coc(/C=C/C=C/c2ccccc2)n1. The summed E-state index contributed by atoms with van der Waals surface area (Å²) in [6.07, 6.45) is 9.21. The van der Waals surface area contributed by atoms with Crippen molar-refractivity contribution in [1.29, 1.82) is 0 Å². The molecular weight excluding hydrogens is 234 g/mol. The minimum absolute atomic E-state index is 0.372. The number of benzene rings is 1. The van der Waals surface area contributed by atoms with Gasteiger partial charge in [0.05, 0.1) is 11.6 Å². The summed E-state index contributed by atoms with van der Waals surface area (Å²) in [5, 5.41) is 0. The van der Waals surface area contributed by atoms with Crippen molar-refractivity contribution in [1.82, 2.24) is 4.98 Å². The van der Waals surface area contributed by atoms with E-state index in [1.807, 2.05) is 48.6 Å². The van der Waals surface area contributed by atoms with Crippen LogP contribution in [0, 0.1) is 0 Å². The largest absolute Gasteiger partial charge is 0.445 e. The van der Waals surface area contributed by atoms with Crippen molar-refractivity contribution in [2.45, 2.75) is 5.88 Å². The number of halogens is 1. The standard InChI is InChI=1S/C14H12ClNO/c15-10-13-11-17-14(16-13)9-5-4-8-12-6-2-1-3-7-12/h1-9,11H,10H2/b8-4+,9-5+. The van der Waals surface area contributed by atoms with E-state index in [2.05, 4.69) is 4.98 Å². The summed E-state index contributed by atoms with van der Waals surface area (Å²) in [5.74, 6) is 0.940. The van der Waals surface area contributed by atoms with Crippen LogP contribution in [0.4, 0.5) is 0 Å². The van der Waals surface area contributed by atoms with Gasteiger partial charge in [0.1, 0.15) is 6.26 Å². The number of nitrogens with zero attached hydrogens (tertiary/aromatic N) is 1. The minimum atomic E-state index is 0.372. The van der Waals surface area contributed by atoms with Crippen molar-refractivity contribution in [3.63, 3.8) is 0 Å². The molecule has 0 fully saturated rings.